The summed E-state index contributed by atoms with van der Waals surface area (Å²) in [4.78, 5) is 4.21. The van der Waals surface area contributed by atoms with E-state index in [2.05, 4.69) is 58.3 Å². The van der Waals surface area contributed by atoms with Crippen molar-refractivity contribution >= 4 is 15.9 Å². The molecule has 2 rings (SSSR count). The van der Waals surface area contributed by atoms with Gasteiger partial charge in [-0.05, 0) is 52.7 Å². The van der Waals surface area contributed by atoms with E-state index < -0.39 is 0 Å². The number of aryl methyl sites for hydroxylation is 1. The Balaban J connectivity index is 2.15. The van der Waals surface area contributed by atoms with Gasteiger partial charge in [-0.2, -0.15) is 0 Å². The quantitative estimate of drug-likeness (QED) is 0.876. The van der Waals surface area contributed by atoms with E-state index in [1.807, 2.05) is 6.20 Å². The number of nitrogens with zero attached hydrogens (tertiary/aromatic N) is 1. The van der Waals surface area contributed by atoms with Crippen LogP contribution in [-0.4, -0.2) is 11.5 Å². The highest BCUT2D eigenvalue weighted by Gasteiger charge is 2.15. The molecular weight excluding hydrogens is 304 g/mol. The molecule has 1 unspecified atom stereocenters. The second kappa shape index (κ2) is 6.87. The van der Waals surface area contributed by atoms with E-state index in [1.54, 1.807) is 6.20 Å². The second-order valence-corrected chi connectivity index (χ2v) is 5.40. The Labute approximate surface area is 122 Å². The van der Waals surface area contributed by atoms with Gasteiger partial charge >= 0.3 is 0 Å². The van der Waals surface area contributed by atoms with E-state index in [-0.39, 0.29) is 6.04 Å². The lowest BCUT2D eigenvalue weighted by molar-refractivity contribution is 0.396. The molecule has 0 amide bonds. The Kier molecular flexibility index (Phi) is 5.16. The van der Waals surface area contributed by atoms with Crippen molar-refractivity contribution in [1.29, 1.82) is 0 Å². The number of rotatable bonds is 6. The van der Waals surface area contributed by atoms with Gasteiger partial charge in [0.2, 0.25) is 0 Å². The van der Waals surface area contributed by atoms with Gasteiger partial charge in [-0.15, -0.1) is 0 Å². The van der Waals surface area contributed by atoms with Gasteiger partial charge in [0.05, 0.1) is 6.04 Å². The molecule has 2 aromatic rings. The summed E-state index contributed by atoms with van der Waals surface area (Å²) >= 11 is 3.46. The zero-order chi connectivity index (χ0) is 13.7. The highest BCUT2D eigenvalue weighted by Crippen LogP contribution is 2.22. The molecule has 0 aliphatic carbocycles. The van der Waals surface area contributed by atoms with E-state index >= 15 is 0 Å². The van der Waals surface area contributed by atoms with Crippen molar-refractivity contribution < 1.29 is 4.42 Å². The molecule has 2 heterocycles. The van der Waals surface area contributed by atoms with Crippen LogP contribution < -0.4 is 5.32 Å². The van der Waals surface area contributed by atoms with Crippen LogP contribution >= 0.6 is 15.9 Å². The van der Waals surface area contributed by atoms with Crippen LogP contribution in [-0.2, 0) is 12.8 Å². The topological polar surface area (TPSA) is 38.1 Å². The molecule has 19 heavy (non-hydrogen) atoms. The number of pyridine rings is 1. The summed E-state index contributed by atoms with van der Waals surface area (Å²) in [7, 11) is 0. The van der Waals surface area contributed by atoms with Crippen LogP contribution in [0.3, 0.4) is 0 Å². The molecule has 0 aliphatic rings. The molecule has 1 N–H and O–H groups in total. The molecule has 4 heteroatoms. The molecule has 0 bridgehead atoms. The number of aromatic nitrogens is 1. The number of furan rings is 1. The fraction of sp³-hybridized carbons (Fsp3) is 0.400. The lowest BCUT2D eigenvalue weighted by Crippen LogP contribution is -2.22. The highest BCUT2D eigenvalue weighted by molar-refractivity contribution is 9.10. The first-order valence-electron chi connectivity index (χ1n) is 6.64. The van der Waals surface area contributed by atoms with Crippen LogP contribution in [0.2, 0.25) is 0 Å². The van der Waals surface area contributed by atoms with Crippen molar-refractivity contribution in [3.63, 3.8) is 0 Å². The predicted molar refractivity (Wildman–Crippen MR) is 80.1 cm³/mol. The van der Waals surface area contributed by atoms with E-state index in [0.29, 0.717) is 0 Å². The lowest BCUT2D eigenvalue weighted by atomic mass is 10.1. The molecule has 0 saturated carbocycles. The van der Waals surface area contributed by atoms with Crippen LogP contribution in [0.15, 0.2) is 39.5 Å². The second-order valence-electron chi connectivity index (χ2n) is 4.48. The predicted octanol–water partition coefficient (Wildman–Crippen LogP) is 3.89. The minimum Gasteiger partial charge on any atom is -0.464 e. The van der Waals surface area contributed by atoms with Crippen molar-refractivity contribution in [3.05, 3.63) is 52.1 Å². The van der Waals surface area contributed by atoms with Crippen LogP contribution in [0.4, 0.5) is 0 Å². The van der Waals surface area contributed by atoms with Crippen molar-refractivity contribution in [2.45, 2.75) is 32.7 Å². The standard InChI is InChI=1S/C15H19BrN2O/c1-3-13-5-6-15(19-13)14(18-4-2)8-11-7-12(16)10-17-9-11/h5-7,9-10,14,18H,3-4,8H2,1-2H3. The summed E-state index contributed by atoms with van der Waals surface area (Å²) in [6, 6.07) is 6.42. The molecule has 2 aromatic heterocycles. The molecule has 0 fully saturated rings. The Bertz CT molecular complexity index is 524. The zero-order valence-corrected chi connectivity index (χ0v) is 12.9. The molecule has 1 atom stereocenters. The van der Waals surface area contributed by atoms with Gasteiger partial charge in [-0.25, -0.2) is 0 Å². The zero-order valence-electron chi connectivity index (χ0n) is 11.3. The third-order valence-corrected chi connectivity index (χ3v) is 3.46. The number of hydrogen-bond acceptors (Lipinski definition) is 3. The monoisotopic (exact) mass is 322 g/mol. The molecule has 0 saturated heterocycles. The maximum absolute atomic E-state index is 5.86. The van der Waals surface area contributed by atoms with E-state index in [9.17, 15) is 0 Å². The van der Waals surface area contributed by atoms with Crippen molar-refractivity contribution in [2.75, 3.05) is 6.54 Å². The maximum Gasteiger partial charge on any atom is 0.121 e. The van der Waals surface area contributed by atoms with Crippen LogP contribution in [0, 0.1) is 0 Å². The summed E-state index contributed by atoms with van der Waals surface area (Å²) in [5.74, 6) is 2.03. The maximum atomic E-state index is 5.86. The van der Waals surface area contributed by atoms with Gasteiger partial charge in [0.1, 0.15) is 11.5 Å². The minimum absolute atomic E-state index is 0.196. The van der Waals surface area contributed by atoms with E-state index in [0.717, 1.165) is 35.4 Å². The van der Waals surface area contributed by atoms with Gasteiger partial charge in [-0.3, -0.25) is 4.98 Å². The van der Waals surface area contributed by atoms with Gasteiger partial charge in [0.15, 0.2) is 0 Å². The van der Waals surface area contributed by atoms with Crippen LogP contribution in [0.1, 0.15) is 37.0 Å². The van der Waals surface area contributed by atoms with Crippen molar-refractivity contribution in [1.82, 2.24) is 10.3 Å². The Hall–Kier alpha value is -1.13. The minimum atomic E-state index is 0.196. The number of nitrogens with one attached hydrogen (secondary N) is 1. The van der Waals surface area contributed by atoms with E-state index in [1.165, 1.54) is 5.56 Å². The smallest absolute Gasteiger partial charge is 0.121 e. The van der Waals surface area contributed by atoms with Crippen molar-refractivity contribution in [2.24, 2.45) is 0 Å². The third kappa shape index (κ3) is 3.91. The molecule has 102 valence electrons. The average Bonchev–Trinajstić information content (AvgIpc) is 2.87. The molecule has 0 spiro atoms. The highest BCUT2D eigenvalue weighted by atomic mass is 79.9. The number of halogens is 1. The largest absolute Gasteiger partial charge is 0.464 e. The number of hydrogen-bond donors (Lipinski definition) is 1. The Morgan fingerprint density at radius 3 is 2.79 bits per heavy atom. The third-order valence-electron chi connectivity index (χ3n) is 3.03. The van der Waals surface area contributed by atoms with Crippen molar-refractivity contribution in [3.8, 4) is 0 Å². The molecule has 3 nitrogen and oxygen atoms in total. The van der Waals surface area contributed by atoms with E-state index in [4.69, 9.17) is 4.42 Å². The Morgan fingerprint density at radius 2 is 2.16 bits per heavy atom. The summed E-state index contributed by atoms with van der Waals surface area (Å²) < 4.78 is 6.86. The fourth-order valence-corrected chi connectivity index (χ4v) is 2.51. The Morgan fingerprint density at radius 1 is 1.32 bits per heavy atom. The molecule has 0 aliphatic heterocycles. The molecule has 0 radical (unpaired) electrons. The first-order valence-corrected chi connectivity index (χ1v) is 7.43. The van der Waals surface area contributed by atoms with Gasteiger partial charge in [0.25, 0.3) is 0 Å². The van der Waals surface area contributed by atoms with Crippen LogP contribution in [0.5, 0.6) is 0 Å². The first kappa shape index (κ1) is 14.3. The summed E-state index contributed by atoms with van der Waals surface area (Å²) in [6.07, 6.45) is 5.50. The number of likely N-dealkylation sites (N-methyl/N-ethyl adjacent to an activating group) is 1. The van der Waals surface area contributed by atoms with Gasteiger partial charge < -0.3 is 9.73 Å². The van der Waals surface area contributed by atoms with Crippen LogP contribution in [0.25, 0.3) is 0 Å². The lowest BCUT2D eigenvalue weighted by Gasteiger charge is -2.15. The SMILES string of the molecule is CCNC(Cc1cncc(Br)c1)c1ccc(CC)o1. The van der Waals surface area contributed by atoms with Gasteiger partial charge in [0, 0.05) is 23.3 Å². The average molecular weight is 323 g/mol. The summed E-state index contributed by atoms with van der Waals surface area (Å²) in [5.41, 5.74) is 1.19. The summed E-state index contributed by atoms with van der Waals surface area (Å²) in [6.45, 7) is 5.12. The molecule has 0 aromatic carbocycles. The normalized spacial score (nSPS) is 12.6. The fourth-order valence-electron chi connectivity index (χ4n) is 2.09. The summed E-state index contributed by atoms with van der Waals surface area (Å²) in [5, 5.41) is 3.47. The molecular formula is C15H19BrN2O. The first-order chi connectivity index (χ1) is 9.22. The van der Waals surface area contributed by atoms with Gasteiger partial charge in [-0.1, -0.05) is 13.8 Å².